The highest BCUT2D eigenvalue weighted by atomic mass is 127. The number of nitrogens with one attached hydrogen (secondary N) is 1. The number of imidazole rings is 1. The maximum absolute atomic E-state index is 11.6. The van der Waals surface area contributed by atoms with Gasteiger partial charge in [-0.2, -0.15) is 9.97 Å². The van der Waals surface area contributed by atoms with Crippen LogP contribution < -0.4 is 10.1 Å². The van der Waals surface area contributed by atoms with Crippen LogP contribution in [0.25, 0.3) is 11.2 Å². The van der Waals surface area contributed by atoms with Crippen LogP contribution in [-0.4, -0.2) is 59.4 Å². The molecule has 0 bridgehead atoms. The predicted molar refractivity (Wildman–Crippen MR) is 126 cm³/mol. The lowest BCUT2D eigenvalue weighted by atomic mass is 10.1. The number of hydrogen-bond donors (Lipinski definition) is 3. The molecule has 1 aliphatic rings. The van der Waals surface area contributed by atoms with Gasteiger partial charge in [0.2, 0.25) is 17.7 Å². The molecule has 14 heteroatoms. The third-order valence-corrected chi connectivity index (χ3v) is 5.96. The molecule has 3 aromatic rings. The standard InChI is InChI=1S/C20H21IN6O7/c1-9(12-4-3-11(21)5-13(12)27(31)32)33-19-17-18(24-20(25-19)23-10(2)29)26(8-22-17)16-6-14(30)15(7-28)34-16/h3-5,8-9,14-16,28,30H,6-7H2,1-2H3,(H,23,24,25,29)/t9?,14-,15-,16-/m1/s1. The second-order valence-corrected chi connectivity index (χ2v) is 8.94. The number of carbonyl (C=O) groups excluding carboxylic acids is 1. The number of nitro groups is 1. The highest BCUT2D eigenvalue weighted by molar-refractivity contribution is 14.1. The summed E-state index contributed by atoms with van der Waals surface area (Å²) in [7, 11) is 0. The SMILES string of the molecule is CC(=O)Nc1nc(OC(C)c2ccc(I)cc2[N+](=O)[O-])c2ncn([C@H]3C[C@@H](O)[C@@H](CO)O3)c2n1. The van der Waals surface area contributed by atoms with Crippen molar-refractivity contribution in [1.29, 1.82) is 0 Å². The zero-order valence-electron chi connectivity index (χ0n) is 18.1. The van der Waals surface area contributed by atoms with E-state index in [9.17, 15) is 25.1 Å². The Morgan fingerprint density at radius 2 is 2.24 bits per heavy atom. The molecule has 34 heavy (non-hydrogen) atoms. The molecular weight excluding hydrogens is 563 g/mol. The molecule has 4 atom stereocenters. The van der Waals surface area contributed by atoms with Crippen molar-refractivity contribution in [1.82, 2.24) is 19.5 Å². The van der Waals surface area contributed by atoms with E-state index in [1.165, 1.54) is 19.3 Å². The van der Waals surface area contributed by atoms with E-state index in [-0.39, 0.29) is 41.7 Å². The number of aromatic nitrogens is 4. The zero-order valence-corrected chi connectivity index (χ0v) is 20.2. The fourth-order valence-corrected chi connectivity index (χ4v) is 4.17. The number of halogens is 1. The first-order valence-electron chi connectivity index (χ1n) is 10.2. The first kappa shape index (κ1) is 24.2. The van der Waals surface area contributed by atoms with Gasteiger partial charge < -0.3 is 19.7 Å². The number of amides is 1. The van der Waals surface area contributed by atoms with Crippen molar-refractivity contribution in [3.8, 4) is 5.88 Å². The summed E-state index contributed by atoms with van der Waals surface area (Å²) in [6.07, 6.45) is -1.46. The number of nitrogens with zero attached hydrogens (tertiary/aromatic N) is 5. The smallest absolute Gasteiger partial charge is 0.277 e. The van der Waals surface area contributed by atoms with Crippen LogP contribution in [0.5, 0.6) is 5.88 Å². The minimum Gasteiger partial charge on any atom is -0.468 e. The van der Waals surface area contributed by atoms with Gasteiger partial charge in [-0.3, -0.25) is 24.8 Å². The molecule has 1 aromatic carbocycles. The molecule has 3 heterocycles. The van der Waals surface area contributed by atoms with E-state index in [1.807, 2.05) is 22.6 Å². The fourth-order valence-electron chi connectivity index (χ4n) is 3.70. The average molecular weight is 584 g/mol. The molecule has 180 valence electrons. The van der Waals surface area contributed by atoms with Gasteiger partial charge in [-0.15, -0.1) is 0 Å². The third kappa shape index (κ3) is 4.79. The van der Waals surface area contributed by atoms with Gasteiger partial charge in [0.25, 0.3) is 5.69 Å². The van der Waals surface area contributed by atoms with Gasteiger partial charge in [0.15, 0.2) is 11.2 Å². The molecule has 0 radical (unpaired) electrons. The number of carbonyl (C=O) groups is 1. The number of benzene rings is 1. The average Bonchev–Trinajstić information content (AvgIpc) is 3.36. The van der Waals surface area contributed by atoms with Gasteiger partial charge in [0.05, 0.1) is 29.5 Å². The summed E-state index contributed by atoms with van der Waals surface area (Å²) >= 11 is 1.99. The Morgan fingerprint density at radius 1 is 1.47 bits per heavy atom. The zero-order chi connectivity index (χ0) is 24.6. The molecule has 2 aromatic heterocycles. The molecule has 4 rings (SSSR count). The minimum absolute atomic E-state index is 0.00472. The Labute approximate surface area is 206 Å². The van der Waals surface area contributed by atoms with Gasteiger partial charge >= 0.3 is 0 Å². The molecular formula is C20H21IN6O7. The van der Waals surface area contributed by atoms with E-state index >= 15 is 0 Å². The van der Waals surface area contributed by atoms with Crippen molar-refractivity contribution < 1.29 is 29.4 Å². The van der Waals surface area contributed by atoms with E-state index in [2.05, 4.69) is 20.3 Å². The number of nitro benzene ring substituents is 1. The van der Waals surface area contributed by atoms with Crippen LogP contribution in [0.1, 0.15) is 38.2 Å². The molecule has 1 amide bonds. The van der Waals surface area contributed by atoms with Gasteiger partial charge in [0, 0.05) is 23.0 Å². The first-order chi connectivity index (χ1) is 16.2. The van der Waals surface area contributed by atoms with Crippen molar-refractivity contribution in [3.63, 3.8) is 0 Å². The Balaban J connectivity index is 1.75. The summed E-state index contributed by atoms with van der Waals surface area (Å²) in [5, 5.41) is 33.5. The molecule has 0 saturated carbocycles. The lowest BCUT2D eigenvalue weighted by Crippen LogP contribution is -2.24. The lowest BCUT2D eigenvalue weighted by molar-refractivity contribution is -0.386. The summed E-state index contributed by atoms with van der Waals surface area (Å²) in [5.41, 5.74) is 0.736. The maximum atomic E-state index is 11.6. The highest BCUT2D eigenvalue weighted by Gasteiger charge is 2.36. The molecule has 13 nitrogen and oxygen atoms in total. The number of hydrogen-bond acceptors (Lipinski definition) is 10. The monoisotopic (exact) mass is 584 g/mol. The maximum Gasteiger partial charge on any atom is 0.277 e. The number of anilines is 1. The van der Waals surface area contributed by atoms with Crippen molar-refractivity contribution in [2.24, 2.45) is 0 Å². The molecule has 1 saturated heterocycles. The number of aliphatic hydroxyl groups excluding tert-OH is 2. The third-order valence-electron chi connectivity index (χ3n) is 5.29. The molecule has 1 aliphatic heterocycles. The Hall–Kier alpha value is -2.95. The van der Waals surface area contributed by atoms with E-state index in [1.54, 1.807) is 23.6 Å². The van der Waals surface area contributed by atoms with Crippen molar-refractivity contribution in [3.05, 3.63) is 43.8 Å². The minimum atomic E-state index is -0.874. The van der Waals surface area contributed by atoms with Crippen LogP contribution in [0, 0.1) is 13.7 Å². The van der Waals surface area contributed by atoms with E-state index in [4.69, 9.17) is 9.47 Å². The van der Waals surface area contributed by atoms with Gasteiger partial charge in [-0.05, 0) is 41.6 Å². The first-order valence-corrected chi connectivity index (χ1v) is 11.3. The van der Waals surface area contributed by atoms with Crippen LogP contribution in [-0.2, 0) is 9.53 Å². The summed E-state index contributed by atoms with van der Waals surface area (Å²) in [6.45, 7) is 2.59. The molecule has 1 unspecified atom stereocenters. The summed E-state index contributed by atoms with van der Waals surface area (Å²) < 4.78 is 13.9. The van der Waals surface area contributed by atoms with Crippen molar-refractivity contribution in [2.75, 3.05) is 11.9 Å². The second-order valence-electron chi connectivity index (χ2n) is 7.69. The fraction of sp³-hybridized carbons (Fsp3) is 0.400. The molecule has 0 spiro atoms. The van der Waals surface area contributed by atoms with Crippen molar-refractivity contribution >= 4 is 51.3 Å². The van der Waals surface area contributed by atoms with Crippen LogP contribution in [0.2, 0.25) is 0 Å². The largest absolute Gasteiger partial charge is 0.468 e. The highest BCUT2D eigenvalue weighted by Crippen LogP contribution is 2.35. The quantitative estimate of drug-likeness (QED) is 0.212. The van der Waals surface area contributed by atoms with Gasteiger partial charge in [-0.25, -0.2) is 4.98 Å². The number of rotatable bonds is 7. The molecule has 3 N–H and O–H groups in total. The Morgan fingerprint density at radius 3 is 2.88 bits per heavy atom. The second kappa shape index (κ2) is 9.73. The summed E-state index contributed by atoms with van der Waals surface area (Å²) in [5.74, 6) is -0.464. The van der Waals surface area contributed by atoms with E-state index in [0.29, 0.717) is 9.13 Å². The summed E-state index contributed by atoms with van der Waals surface area (Å²) in [4.78, 5) is 35.6. The lowest BCUT2D eigenvalue weighted by Gasteiger charge is -2.17. The topological polar surface area (TPSA) is 175 Å². The molecule has 0 aliphatic carbocycles. The van der Waals surface area contributed by atoms with Crippen LogP contribution in [0.15, 0.2) is 24.5 Å². The predicted octanol–water partition coefficient (Wildman–Crippen LogP) is 2.08. The number of aliphatic hydroxyl groups is 2. The van der Waals surface area contributed by atoms with Gasteiger partial charge in [-0.1, -0.05) is 0 Å². The number of ether oxygens (including phenoxy) is 2. The normalized spacial score (nSPS) is 20.9. The van der Waals surface area contributed by atoms with Crippen LogP contribution in [0.3, 0.4) is 0 Å². The number of fused-ring (bicyclic) bond motifs is 1. The van der Waals surface area contributed by atoms with Gasteiger partial charge in [0.1, 0.15) is 18.4 Å². The molecule has 1 fully saturated rings. The van der Waals surface area contributed by atoms with E-state index < -0.39 is 35.4 Å². The van der Waals surface area contributed by atoms with Crippen molar-refractivity contribution in [2.45, 2.75) is 44.8 Å². The Bertz CT molecular complexity index is 1250. The Kier molecular flexibility index (Phi) is 6.92. The van der Waals surface area contributed by atoms with E-state index in [0.717, 1.165) is 0 Å². The van der Waals surface area contributed by atoms with Crippen LogP contribution in [0.4, 0.5) is 11.6 Å². The summed E-state index contributed by atoms with van der Waals surface area (Å²) in [6, 6.07) is 4.79. The van der Waals surface area contributed by atoms with Crippen LogP contribution >= 0.6 is 22.6 Å².